The van der Waals surface area contributed by atoms with E-state index in [-0.39, 0.29) is 10.6 Å². The lowest BCUT2D eigenvalue weighted by Crippen LogP contribution is -2.14. The second kappa shape index (κ2) is 7.30. The Morgan fingerprint density at radius 3 is 2.62 bits per heavy atom. The predicted octanol–water partition coefficient (Wildman–Crippen LogP) is 3.15. The van der Waals surface area contributed by atoms with Gasteiger partial charge in [0.05, 0.1) is 34.1 Å². The van der Waals surface area contributed by atoms with Crippen molar-refractivity contribution in [3.8, 4) is 11.4 Å². The maximum atomic E-state index is 12.7. The van der Waals surface area contributed by atoms with Crippen LogP contribution >= 0.6 is 11.3 Å². The number of fused-ring (bicyclic) bond motifs is 1. The number of aromatic nitrogens is 3. The first-order chi connectivity index (χ1) is 13.8. The summed E-state index contributed by atoms with van der Waals surface area (Å²) in [5.41, 5.74) is 1.50. The smallest absolute Gasteiger partial charge is 0.281 e. The second-order valence-corrected chi connectivity index (χ2v) is 9.25. The Hall–Kier alpha value is -3.24. The van der Waals surface area contributed by atoms with Gasteiger partial charge in [0.25, 0.3) is 5.91 Å². The zero-order chi connectivity index (χ0) is 20.6. The molecule has 0 saturated heterocycles. The third kappa shape index (κ3) is 3.84. The molecule has 0 saturated carbocycles. The van der Waals surface area contributed by atoms with E-state index in [0.717, 1.165) is 11.9 Å². The lowest BCUT2D eigenvalue weighted by molar-refractivity contribution is 0.101. The fraction of sp³-hybridized carbons (Fsp3) is 0.105. The van der Waals surface area contributed by atoms with Crippen LogP contribution in [-0.2, 0) is 9.84 Å². The van der Waals surface area contributed by atoms with Crippen LogP contribution in [0.2, 0.25) is 0 Å². The number of sulfone groups is 1. The number of anilines is 1. The fourth-order valence-corrected chi connectivity index (χ4v) is 4.35. The van der Waals surface area contributed by atoms with Crippen molar-refractivity contribution in [3.05, 3.63) is 60.4 Å². The number of carbonyl (C=O) groups excluding carboxylic acids is 1. The number of hydrogen-bond acceptors (Lipinski definition) is 7. The van der Waals surface area contributed by atoms with E-state index >= 15 is 0 Å². The molecule has 8 nitrogen and oxygen atoms in total. The summed E-state index contributed by atoms with van der Waals surface area (Å²) in [7, 11) is -1.86. The minimum atomic E-state index is -3.32. The van der Waals surface area contributed by atoms with Gasteiger partial charge in [0.15, 0.2) is 26.4 Å². The van der Waals surface area contributed by atoms with E-state index in [2.05, 4.69) is 15.4 Å². The van der Waals surface area contributed by atoms with Gasteiger partial charge in [-0.15, -0.1) is 0 Å². The number of para-hydroxylation sites is 1. The van der Waals surface area contributed by atoms with Gasteiger partial charge in [0, 0.05) is 6.26 Å². The third-order valence-corrected chi connectivity index (χ3v) is 6.19. The molecule has 148 valence electrons. The Labute approximate surface area is 170 Å². The maximum Gasteiger partial charge on any atom is 0.281 e. The number of amides is 1. The number of ether oxygens (including phenoxy) is 1. The minimum Gasteiger partial charge on any atom is -0.493 e. The molecule has 0 aliphatic rings. The molecule has 2 aromatic heterocycles. The monoisotopic (exact) mass is 428 g/mol. The third-order valence-electron chi connectivity index (χ3n) is 4.14. The molecule has 0 radical (unpaired) electrons. The number of carbonyl (C=O) groups is 1. The molecule has 29 heavy (non-hydrogen) atoms. The van der Waals surface area contributed by atoms with Crippen molar-refractivity contribution in [1.29, 1.82) is 0 Å². The maximum absolute atomic E-state index is 12.7. The van der Waals surface area contributed by atoms with Gasteiger partial charge in [-0.2, -0.15) is 5.10 Å². The molecule has 10 heteroatoms. The first-order valence-electron chi connectivity index (χ1n) is 8.46. The summed E-state index contributed by atoms with van der Waals surface area (Å²) in [6.45, 7) is 0. The largest absolute Gasteiger partial charge is 0.493 e. The zero-order valence-corrected chi connectivity index (χ0v) is 17.1. The van der Waals surface area contributed by atoms with Crippen LogP contribution < -0.4 is 10.1 Å². The van der Waals surface area contributed by atoms with Gasteiger partial charge in [-0.05, 0) is 30.3 Å². The fourth-order valence-electron chi connectivity index (χ4n) is 2.72. The number of nitrogens with one attached hydrogen (secondary N) is 1. The molecule has 2 heterocycles. The van der Waals surface area contributed by atoms with Crippen molar-refractivity contribution in [3.63, 3.8) is 0 Å². The highest BCUT2D eigenvalue weighted by atomic mass is 32.2. The minimum absolute atomic E-state index is 0.118. The van der Waals surface area contributed by atoms with Crippen LogP contribution in [0, 0.1) is 0 Å². The van der Waals surface area contributed by atoms with Gasteiger partial charge < -0.3 is 4.74 Å². The van der Waals surface area contributed by atoms with E-state index in [0.29, 0.717) is 21.1 Å². The van der Waals surface area contributed by atoms with E-state index in [4.69, 9.17) is 4.74 Å². The highest BCUT2D eigenvalue weighted by Gasteiger charge is 2.20. The summed E-state index contributed by atoms with van der Waals surface area (Å²) in [5.74, 6) is -0.147. The molecule has 0 bridgehead atoms. The predicted molar refractivity (Wildman–Crippen MR) is 111 cm³/mol. The highest BCUT2D eigenvalue weighted by Crippen LogP contribution is 2.29. The molecule has 4 aromatic rings. The van der Waals surface area contributed by atoms with E-state index < -0.39 is 15.7 Å². The van der Waals surface area contributed by atoms with Crippen LogP contribution in [0.15, 0.2) is 59.6 Å². The van der Waals surface area contributed by atoms with Crippen LogP contribution in [0.1, 0.15) is 10.5 Å². The first-order valence-corrected chi connectivity index (χ1v) is 11.2. The molecule has 0 aliphatic carbocycles. The molecule has 0 fully saturated rings. The average Bonchev–Trinajstić information content (AvgIpc) is 3.30. The average molecular weight is 428 g/mol. The van der Waals surface area contributed by atoms with Crippen molar-refractivity contribution in [2.24, 2.45) is 0 Å². The molecular weight excluding hydrogens is 412 g/mol. The Morgan fingerprint density at radius 1 is 1.17 bits per heavy atom. The van der Waals surface area contributed by atoms with Gasteiger partial charge in [-0.25, -0.2) is 18.1 Å². The molecule has 0 aliphatic heterocycles. The zero-order valence-electron chi connectivity index (χ0n) is 15.5. The Balaban J connectivity index is 1.63. The van der Waals surface area contributed by atoms with E-state index in [1.165, 1.54) is 24.5 Å². The van der Waals surface area contributed by atoms with Crippen LogP contribution in [0.3, 0.4) is 0 Å². The number of hydrogen-bond donors (Lipinski definition) is 1. The molecule has 0 spiro atoms. The summed E-state index contributed by atoms with van der Waals surface area (Å²) in [6.07, 6.45) is 2.77. The second-order valence-electron chi connectivity index (χ2n) is 6.20. The summed E-state index contributed by atoms with van der Waals surface area (Å²) < 4.78 is 31.0. The summed E-state index contributed by atoms with van der Waals surface area (Å²) in [6, 6.07) is 14.0. The Kier molecular flexibility index (Phi) is 4.81. The van der Waals surface area contributed by atoms with Crippen molar-refractivity contribution >= 4 is 42.4 Å². The molecule has 0 unspecified atom stereocenters. The number of nitrogens with zero attached hydrogens (tertiary/aromatic N) is 3. The molecule has 2 aromatic carbocycles. The lowest BCUT2D eigenvalue weighted by Gasteiger charge is -2.00. The number of benzene rings is 2. The van der Waals surface area contributed by atoms with Crippen LogP contribution in [0.5, 0.6) is 5.75 Å². The van der Waals surface area contributed by atoms with Crippen molar-refractivity contribution in [2.45, 2.75) is 4.90 Å². The Morgan fingerprint density at radius 2 is 1.93 bits per heavy atom. The Bertz CT molecular complexity index is 1310. The standard InChI is InChI=1S/C19H16N4O4S2/c1-27-15-11-23(12-6-4-3-5-7-12)22-17(15)18(24)21-19-20-14-9-8-13(29(2,25)26)10-16(14)28-19/h3-11H,1-2H3,(H,20,21,24). The quantitative estimate of drug-likeness (QED) is 0.524. The molecule has 0 atom stereocenters. The summed E-state index contributed by atoms with van der Waals surface area (Å²) in [4.78, 5) is 17.3. The molecule has 1 amide bonds. The van der Waals surface area contributed by atoms with Crippen LogP contribution in [0.4, 0.5) is 5.13 Å². The SMILES string of the molecule is COc1cn(-c2ccccc2)nc1C(=O)Nc1nc2ccc(S(C)(=O)=O)cc2s1. The van der Waals surface area contributed by atoms with Crippen LogP contribution in [-0.4, -0.2) is 42.5 Å². The van der Waals surface area contributed by atoms with Gasteiger partial charge in [0.2, 0.25) is 0 Å². The van der Waals surface area contributed by atoms with Gasteiger partial charge in [0.1, 0.15) is 0 Å². The van der Waals surface area contributed by atoms with Gasteiger partial charge in [-0.1, -0.05) is 29.5 Å². The molecular formula is C19H16N4O4S2. The molecule has 4 rings (SSSR count). The number of thiazole rings is 1. The van der Waals surface area contributed by atoms with Crippen LogP contribution in [0.25, 0.3) is 15.9 Å². The first kappa shape index (κ1) is 19.1. The normalized spacial score (nSPS) is 11.5. The van der Waals surface area contributed by atoms with Gasteiger partial charge >= 0.3 is 0 Å². The van der Waals surface area contributed by atoms with E-state index in [1.807, 2.05) is 30.3 Å². The summed E-state index contributed by atoms with van der Waals surface area (Å²) in [5, 5.41) is 7.37. The van der Waals surface area contributed by atoms with Gasteiger partial charge in [-0.3, -0.25) is 10.1 Å². The highest BCUT2D eigenvalue weighted by molar-refractivity contribution is 7.90. The number of methoxy groups -OCH3 is 1. The van der Waals surface area contributed by atoms with Crippen molar-refractivity contribution in [1.82, 2.24) is 14.8 Å². The number of rotatable bonds is 5. The van der Waals surface area contributed by atoms with Crippen molar-refractivity contribution < 1.29 is 17.9 Å². The molecule has 1 N–H and O–H groups in total. The van der Waals surface area contributed by atoms with Crippen molar-refractivity contribution in [2.75, 3.05) is 18.7 Å². The topological polar surface area (TPSA) is 103 Å². The lowest BCUT2D eigenvalue weighted by atomic mass is 10.3. The van der Waals surface area contributed by atoms with E-state index in [9.17, 15) is 13.2 Å². The summed E-state index contributed by atoms with van der Waals surface area (Å²) >= 11 is 1.18. The van der Waals surface area contributed by atoms with E-state index in [1.54, 1.807) is 23.0 Å².